The van der Waals surface area contributed by atoms with Gasteiger partial charge in [-0.15, -0.1) is 6.42 Å². The number of hydrogen-bond donors (Lipinski definition) is 0. The van der Waals surface area contributed by atoms with Crippen molar-refractivity contribution in [2.75, 3.05) is 0 Å². The van der Waals surface area contributed by atoms with Gasteiger partial charge in [-0.25, -0.2) is 9.50 Å². The van der Waals surface area contributed by atoms with Gasteiger partial charge in [-0.3, -0.25) is 0 Å². The summed E-state index contributed by atoms with van der Waals surface area (Å²) in [6.45, 7) is 6.11. The topological polar surface area (TPSA) is 56.2 Å². The second-order valence-electron chi connectivity index (χ2n) is 8.60. The molecule has 5 aromatic rings. The molecule has 0 saturated heterocycles. The van der Waals surface area contributed by atoms with E-state index in [4.69, 9.17) is 10.9 Å². The van der Waals surface area contributed by atoms with Gasteiger partial charge in [-0.2, -0.15) is 5.10 Å². The molecule has 0 saturated carbocycles. The summed E-state index contributed by atoms with van der Waals surface area (Å²) >= 11 is 0. The quantitative estimate of drug-likeness (QED) is 0.375. The smallest absolute Gasteiger partial charge is 0.183 e. The van der Waals surface area contributed by atoms with E-state index in [0.29, 0.717) is 12.0 Å². The number of terminal acetylenes is 1. The molecule has 0 N–H and O–H groups in total. The van der Waals surface area contributed by atoms with E-state index in [1.165, 1.54) is 0 Å². The molecule has 0 bridgehead atoms. The first-order valence-corrected chi connectivity index (χ1v) is 10.7. The third kappa shape index (κ3) is 3.75. The molecule has 0 radical (unpaired) electrons. The average Bonchev–Trinajstić information content (AvgIpc) is 3.43. The predicted molar refractivity (Wildman–Crippen MR) is 129 cm³/mol. The second-order valence-corrected chi connectivity index (χ2v) is 8.60. The van der Waals surface area contributed by atoms with E-state index in [-0.39, 0.29) is 5.41 Å². The molecule has 5 nitrogen and oxygen atoms in total. The van der Waals surface area contributed by atoms with Crippen LogP contribution < -0.4 is 0 Å². The SMILES string of the molecule is C#CC(C)(C)c1cccc(Cc2noc3c(C#Cc4cnc5cccnn45)c(C)ccc23)c1. The molecule has 0 spiro atoms. The van der Waals surface area contributed by atoms with Gasteiger partial charge in [0.25, 0.3) is 0 Å². The van der Waals surface area contributed by atoms with Gasteiger partial charge in [0.05, 0.1) is 22.9 Å². The lowest BCUT2D eigenvalue weighted by atomic mass is 9.84. The predicted octanol–water partition coefficient (Wildman–Crippen LogP) is 5.08. The van der Waals surface area contributed by atoms with E-state index < -0.39 is 0 Å². The first kappa shape index (κ1) is 20.5. The summed E-state index contributed by atoms with van der Waals surface area (Å²) in [7, 11) is 0. The first-order chi connectivity index (χ1) is 16.0. The van der Waals surface area contributed by atoms with Crippen molar-refractivity contribution in [1.29, 1.82) is 0 Å². The fraction of sp³-hybridized carbons (Fsp3) is 0.179. The van der Waals surface area contributed by atoms with Gasteiger partial charge in [-0.1, -0.05) is 47.3 Å². The van der Waals surface area contributed by atoms with Gasteiger partial charge in [-0.05, 0) is 61.6 Å². The number of nitrogens with zero attached hydrogens (tertiary/aromatic N) is 4. The highest BCUT2D eigenvalue weighted by Gasteiger charge is 2.18. The van der Waals surface area contributed by atoms with Crippen molar-refractivity contribution in [1.82, 2.24) is 19.8 Å². The minimum absolute atomic E-state index is 0.325. The third-order valence-corrected chi connectivity index (χ3v) is 5.90. The highest BCUT2D eigenvalue weighted by Crippen LogP contribution is 2.28. The lowest BCUT2D eigenvalue weighted by Gasteiger charge is -2.18. The molecule has 0 fully saturated rings. The molecule has 2 aromatic carbocycles. The van der Waals surface area contributed by atoms with Crippen LogP contribution in [0.4, 0.5) is 0 Å². The highest BCUT2D eigenvalue weighted by molar-refractivity contribution is 5.86. The molecule has 0 atom stereocenters. The van der Waals surface area contributed by atoms with Crippen molar-refractivity contribution in [2.45, 2.75) is 32.6 Å². The van der Waals surface area contributed by atoms with Crippen LogP contribution in [-0.2, 0) is 11.8 Å². The van der Waals surface area contributed by atoms with Gasteiger partial charge in [0.1, 0.15) is 5.69 Å². The second kappa shape index (κ2) is 7.97. The van der Waals surface area contributed by atoms with Crippen LogP contribution in [0.15, 0.2) is 65.4 Å². The number of hydrogen-bond acceptors (Lipinski definition) is 4. The van der Waals surface area contributed by atoms with E-state index in [2.05, 4.69) is 57.3 Å². The Morgan fingerprint density at radius 2 is 1.97 bits per heavy atom. The van der Waals surface area contributed by atoms with E-state index in [1.807, 2.05) is 45.0 Å². The van der Waals surface area contributed by atoms with Crippen molar-refractivity contribution in [3.05, 3.63) is 94.6 Å². The molecule has 160 valence electrons. The normalized spacial score (nSPS) is 11.3. The Balaban J connectivity index is 1.52. The molecule has 33 heavy (non-hydrogen) atoms. The zero-order chi connectivity index (χ0) is 23.0. The van der Waals surface area contributed by atoms with E-state index in [1.54, 1.807) is 16.9 Å². The lowest BCUT2D eigenvalue weighted by Crippen LogP contribution is -2.14. The minimum Gasteiger partial charge on any atom is -0.355 e. The Kier molecular flexibility index (Phi) is 4.96. The van der Waals surface area contributed by atoms with Crippen LogP contribution in [0.2, 0.25) is 0 Å². The largest absolute Gasteiger partial charge is 0.355 e. The Hall–Kier alpha value is -4.35. The molecule has 5 rings (SSSR count). The van der Waals surface area contributed by atoms with Crippen molar-refractivity contribution < 1.29 is 4.52 Å². The molecule has 0 aliphatic heterocycles. The molecule has 0 amide bonds. The maximum Gasteiger partial charge on any atom is 0.183 e. The number of rotatable bonds is 3. The molecule has 0 aliphatic rings. The van der Waals surface area contributed by atoms with E-state index in [0.717, 1.165) is 44.7 Å². The standard InChI is InChI=1S/C28H22N4O/c1-5-28(3,4)21-9-6-8-20(16-21)17-25-24-13-11-19(2)23(27(24)33-31-25)14-12-22-18-29-26-10-7-15-30-32(22)26/h1,6-11,13,15-16,18H,17H2,2-4H3. The monoisotopic (exact) mass is 430 g/mol. The fourth-order valence-corrected chi connectivity index (χ4v) is 3.82. The number of benzene rings is 2. The molecule has 0 unspecified atom stereocenters. The Morgan fingerprint density at radius 1 is 1.09 bits per heavy atom. The van der Waals surface area contributed by atoms with Crippen LogP contribution in [0, 0.1) is 31.1 Å². The number of aryl methyl sites for hydroxylation is 1. The number of fused-ring (bicyclic) bond motifs is 2. The maximum atomic E-state index is 5.79. The fourth-order valence-electron chi connectivity index (χ4n) is 3.82. The summed E-state index contributed by atoms with van der Waals surface area (Å²) in [6, 6.07) is 16.2. The van der Waals surface area contributed by atoms with Crippen molar-refractivity contribution in [2.24, 2.45) is 0 Å². The lowest BCUT2D eigenvalue weighted by molar-refractivity contribution is 0.447. The first-order valence-electron chi connectivity index (χ1n) is 10.7. The summed E-state index contributed by atoms with van der Waals surface area (Å²) in [5, 5.41) is 9.67. The van der Waals surface area contributed by atoms with Gasteiger partial charge in [0.2, 0.25) is 0 Å². The van der Waals surface area contributed by atoms with E-state index >= 15 is 0 Å². The van der Waals surface area contributed by atoms with Crippen LogP contribution >= 0.6 is 0 Å². The van der Waals surface area contributed by atoms with E-state index in [9.17, 15) is 0 Å². The average molecular weight is 431 g/mol. The Morgan fingerprint density at radius 3 is 2.82 bits per heavy atom. The summed E-state index contributed by atoms with van der Waals surface area (Å²) < 4.78 is 7.51. The van der Waals surface area contributed by atoms with Crippen LogP contribution in [0.25, 0.3) is 16.6 Å². The zero-order valence-electron chi connectivity index (χ0n) is 18.8. The minimum atomic E-state index is -0.325. The molecular weight excluding hydrogens is 408 g/mol. The van der Waals surface area contributed by atoms with Crippen molar-refractivity contribution >= 4 is 16.6 Å². The summed E-state index contributed by atoms with van der Waals surface area (Å²) in [5.41, 5.74) is 6.81. The van der Waals surface area contributed by atoms with Gasteiger partial charge in [0.15, 0.2) is 11.2 Å². The van der Waals surface area contributed by atoms with Crippen LogP contribution in [0.5, 0.6) is 0 Å². The zero-order valence-corrected chi connectivity index (χ0v) is 18.8. The van der Waals surface area contributed by atoms with Crippen LogP contribution in [0.1, 0.15) is 47.5 Å². The van der Waals surface area contributed by atoms with Crippen molar-refractivity contribution in [3.8, 4) is 24.2 Å². The number of imidazole rings is 1. The molecule has 5 heteroatoms. The summed E-state index contributed by atoms with van der Waals surface area (Å²) in [4.78, 5) is 4.35. The molecule has 0 aliphatic carbocycles. The number of aromatic nitrogens is 4. The van der Waals surface area contributed by atoms with Gasteiger partial charge < -0.3 is 4.52 Å². The molecular formula is C28H22N4O. The van der Waals surface area contributed by atoms with Crippen LogP contribution in [0.3, 0.4) is 0 Å². The van der Waals surface area contributed by atoms with Gasteiger partial charge >= 0.3 is 0 Å². The summed E-state index contributed by atoms with van der Waals surface area (Å²) in [6.07, 6.45) is 9.81. The highest BCUT2D eigenvalue weighted by atomic mass is 16.5. The molecule has 3 heterocycles. The third-order valence-electron chi connectivity index (χ3n) is 5.90. The summed E-state index contributed by atoms with van der Waals surface area (Å²) in [5.74, 6) is 9.31. The van der Waals surface area contributed by atoms with Gasteiger partial charge in [0, 0.05) is 18.0 Å². The van der Waals surface area contributed by atoms with Crippen molar-refractivity contribution in [3.63, 3.8) is 0 Å². The van der Waals surface area contributed by atoms with Crippen LogP contribution in [-0.4, -0.2) is 19.8 Å². The maximum absolute atomic E-state index is 5.79. The Bertz CT molecular complexity index is 1600. The molecule has 3 aromatic heterocycles. The Labute approximate surface area is 192 Å².